The van der Waals surface area contributed by atoms with Crippen molar-refractivity contribution >= 4 is 23.5 Å². The van der Waals surface area contributed by atoms with Gasteiger partial charge >= 0.3 is 6.03 Å². The first-order valence-electron chi connectivity index (χ1n) is 8.66. The highest BCUT2D eigenvalue weighted by atomic mass is 16.2. The number of amides is 4. The maximum atomic E-state index is 12.5. The predicted octanol–water partition coefficient (Wildman–Crippen LogP) is 1.75. The van der Waals surface area contributed by atoms with Crippen molar-refractivity contribution in [3.05, 3.63) is 65.2 Å². The van der Waals surface area contributed by atoms with E-state index in [0.29, 0.717) is 17.7 Å². The monoisotopic (exact) mass is 366 g/mol. The van der Waals surface area contributed by atoms with E-state index in [1.54, 1.807) is 18.2 Å². The zero-order valence-electron chi connectivity index (χ0n) is 15.3. The summed E-state index contributed by atoms with van der Waals surface area (Å²) in [5.74, 6) is -0.499. The highest BCUT2D eigenvalue weighted by molar-refractivity contribution is 6.05. The Kier molecular flexibility index (Phi) is 5.52. The molecule has 1 saturated heterocycles. The maximum Gasteiger partial charge on any atom is 0.322 e. The summed E-state index contributed by atoms with van der Waals surface area (Å²) in [6, 6.07) is 13.7. The standard InChI is InChI=1S/C20H22N4O3/c1-24(2)12-14-4-3-5-15(10-14)18(25)21-16-8-6-13(7-9-16)11-17-19(26)23-20(27)22-17/h3-10,17H,11-12H2,1-2H3,(H,21,25)(H2,22,23,26,27). The van der Waals surface area contributed by atoms with Gasteiger partial charge in [-0.2, -0.15) is 0 Å². The summed E-state index contributed by atoms with van der Waals surface area (Å²) in [6.07, 6.45) is 0.401. The number of rotatable bonds is 6. The Morgan fingerprint density at radius 3 is 2.44 bits per heavy atom. The number of imide groups is 1. The molecule has 1 aliphatic rings. The van der Waals surface area contributed by atoms with E-state index in [1.165, 1.54) is 0 Å². The van der Waals surface area contributed by atoms with Crippen LogP contribution in [-0.2, 0) is 17.8 Å². The average Bonchev–Trinajstić information content (AvgIpc) is 2.93. The zero-order chi connectivity index (χ0) is 19.4. The van der Waals surface area contributed by atoms with Crippen molar-refractivity contribution in [2.75, 3.05) is 19.4 Å². The van der Waals surface area contributed by atoms with Crippen LogP contribution in [0.4, 0.5) is 10.5 Å². The van der Waals surface area contributed by atoms with Crippen molar-refractivity contribution in [3.63, 3.8) is 0 Å². The minimum atomic E-state index is -0.558. The molecule has 0 saturated carbocycles. The van der Waals surface area contributed by atoms with E-state index in [2.05, 4.69) is 16.0 Å². The second kappa shape index (κ2) is 8.01. The molecule has 140 valence electrons. The van der Waals surface area contributed by atoms with Gasteiger partial charge in [-0.3, -0.25) is 14.9 Å². The Labute approximate surface area is 157 Å². The van der Waals surface area contributed by atoms with Gasteiger partial charge in [0.1, 0.15) is 6.04 Å². The van der Waals surface area contributed by atoms with Gasteiger partial charge in [0.05, 0.1) is 0 Å². The van der Waals surface area contributed by atoms with E-state index < -0.39 is 12.1 Å². The van der Waals surface area contributed by atoms with Crippen molar-refractivity contribution < 1.29 is 14.4 Å². The summed E-state index contributed by atoms with van der Waals surface area (Å²) in [4.78, 5) is 37.3. The first-order chi connectivity index (χ1) is 12.9. The summed E-state index contributed by atoms with van der Waals surface area (Å²) in [5.41, 5.74) is 3.23. The quantitative estimate of drug-likeness (QED) is 0.680. The first-order valence-corrected chi connectivity index (χ1v) is 8.66. The molecule has 3 N–H and O–H groups in total. The molecular weight excluding hydrogens is 344 g/mol. The van der Waals surface area contributed by atoms with E-state index in [1.807, 2.05) is 49.3 Å². The van der Waals surface area contributed by atoms with E-state index >= 15 is 0 Å². The highest BCUT2D eigenvalue weighted by Crippen LogP contribution is 2.15. The van der Waals surface area contributed by atoms with E-state index in [9.17, 15) is 14.4 Å². The Morgan fingerprint density at radius 2 is 1.81 bits per heavy atom. The van der Waals surface area contributed by atoms with Gasteiger partial charge < -0.3 is 15.5 Å². The Bertz CT molecular complexity index is 862. The fourth-order valence-corrected chi connectivity index (χ4v) is 2.94. The fraction of sp³-hybridized carbons (Fsp3) is 0.250. The molecule has 0 spiro atoms. The van der Waals surface area contributed by atoms with Gasteiger partial charge in [0.2, 0.25) is 0 Å². The van der Waals surface area contributed by atoms with Gasteiger partial charge in [-0.25, -0.2) is 4.79 Å². The fourth-order valence-electron chi connectivity index (χ4n) is 2.94. The average molecular weight is 366 g/mol. The maximum absolute atomic E-state index is 12.5. The Balaban J connectivity index is 1.62. The molecule has 2 aromatic carbocycles. The number of urea groups is 1. The molecule has 7 heteroatoms. The van der Waals surface area contributed by atoms with E-state index in [-0.39, 0.29) is 11.8 Å². The summed E-state index contributed by atoms with van der Waals surface area (Å²) in [7, 11) is 3.96. The second-order valence-corrected chi connectivity index (χ2v) is 6.81. The minimum Gasteiger partial charge on any atom is -0.326 e. The molecule has 27 heavy (non-hydrogen) atoms. The number of carbonyl (C=O) groups is 3. The highest BCUT2D eigenvalue weighted by Gasteiger charge is 2.29. The molecule has 0 bridgehead atoms. The zero-order valence-corrected chi connectivity index (χ0v) is 15.3. The number of nitrogens with zero attached hydrogens (tertiary/aromatic N) is 1. The van der Waals surface area contributed by atoms with Gasteiger partial charge in [-0.1, -0.05) is 24.3 Å². The molecule has 1 fully saturated rings. The molecule has 0 aromatic heterocycles. The summed E-state index contributed by atoms with van der Waals surface area (Å²) in [6.45, 7) is 0.765. The Morgan fingerprint density at radius 1 is 1.07 bits per heavy atom. The van der Waals surface area contributed by atoms with E-state index in [4.69, 9.17) is 0 Å². The van der Waals surface area contributed by atoms with Gasteiger partial charge in [0.15, 0.2) is 0 Å². The summed E-state index contributed by atoms with van der Waals surface area (Å²) in [5, 5.41) is 7.65. The molecule has 1 atom stereocenters. The van der Waals surface area contributed by atoms with Crippen molar-refractivity contribution in [1.29, 1.82) is 0 Å². The minimum absolute atomic E-state index is 0.175. The molecule has 3 rings (SSSR count). The molecule has 0 radical (unpaired) electrons. The van der Waals surface area contributed by atoms with Gasteiger partial charge in [0.25, 0.3) is 11.8 Å². The van der Waals surface area contributed by atoms with Crippen LogP contribution in [0.1, 0.15) is 21.5 Å². The lowest BCUT2D eigenvalue weighted by Gasteiger charge is -2.11. The van der Waals surface area contributed by atoms with Crippen molar-refractivity contribution in [1.82, 2.24) is 15.5 Å². The van der Waals surface area contributed by atoms with Crippen LogP contribution in [0.5, 0.6) is 0 Å². The van der Waals surface area contributed by atoms with Crippen LogP contribution in [-0.4, -0.2) is 42.9 Å². The predicted molar refractivity (Wildman–Crippen MR) is 102 cm³/mol. The number of benzene rings is 2. The largest absolute Gasteiger partial charge is 0.326 e. The van der Waals surface area contributed by atoms with Gasteiger partial charge in [-0.05, 0) is 49.5 Å². The molecule has 1 unspecified atom stereocenters. The van der Waals surface area contributed by atoms with E-state index in [0.717, 1.165) is 17.7 Å². The lowest BCUT2D eigenvalue weighted by atomic mass is 10.1. The number of carbonyl (C=O) groups excluding carboxylic acids is 3. The van der Waals surface area contributed by atoms with Crippen LogP contribution in [0.3, 0.4) is 0 Å². The summed E-state index contributed by atoms with van der Waals surface area (Å²) >= 11 is 0. The van der Waals surface area contributed by atoms with Crippen LogP contribution >= 0.6 is 0 Å². The van der Waals surface area contributed by atoms with Crippen molar-refractivity contribution in [2.24, 2.45) is 0 Å². The molecular formula is C20H22N4O3. The van der Waals surface area contributed by atoms with Crippen molar-refractivity contribution in [2.45, 2.75) is 19.0 Å². The number of anilines is 1. The topological polar surface area (TPSA) is 90.5 Å². The third-order valence-corrected chi connectivity index (χ3v) is 4.20. The molecule has 0 aliphatic carbocycles. The van der Waals surface area contributed by atoms with Crippen LogP contribution < -0.4 is 16.0 Å². The summed E-state index contributed by atoms with van der Waals surface area (Å²) < 4.78 is 0. The lowest BCUT2D eigenvalue weighted by molar-refractivity contribution is -0.120. The normalized spacial score (nSPS) is 16.2. The number of hydrogen-bond acceptors (Lipinski definition) is 4. The first kappa shape index (κ1) is 18.6. The van der Waals surface area contributed by atoms with Crippen LogP contribution in [0, 0.1) is 0 Å². The molecule has 4 amide bonds. The Hall–Kier alpha value is -3.19. The van der Waals surface area contributed by atoms with Crippen LogP contribution in [0.2, 0.25) is 0 Å². The lowest BCUT2D eigenvalue weighted by Crippen LogP contribution is -2.31. The number of hydrogen-bond donors (Lipinski definition) is 3. The SMILES string of the molecule is CN(C)Cc1cccc(C(=O)Nc2ccc(CC3NC(=O)NC3=O)cc2)c1. The number of nitrogens with one attached hydrogen (secondary N) is 3. The van der Waals surface area contributed by atoms with Crippen molar-refractivity contribution in [3.8, 4) is 0 Å². The van der Waals surface area contributed by atoms with Gasteiger partial charge in [0, 0.05) is 24.2 Å². The third kappa shape index (κ3) is 4.92. The van der Waals surface area contributed by atoms with Crippen LogP contribution in [0.25, 0.3) is 0 Å². The smallest absolute Gasteiger partial charge is 0.322 e. The second-order valence-electron chi connectivity index (χ2n) is 6.81. The molecule has 1 heterocycles. The van der Waals surface area contributed by atoms with Crippen LogP contribution in [0.15, 0.2) is 48.5 Å². The van der Waals surface area contributed by atoms with Gasteiger partial charge in [-0.15, -0.1) is 0 Å². The molecule has 1 aliphatic heterocycles. The molecule has 7 nitrogen and oxygen atoms in total. The molecule has 2 aromatic rings. The third-order valence-electron chi connectivity index (χ3n) is 4.20.